The van der Waals surface area contributed by atoms with Crippen LogP contribution < -0.4 is 10.6 Å². The van der Waals surface area contributed by atoms with Crippen LogP contribution in [0.25, 0.3) is 0 Å². The van der Waals surface area contributed by atoms with Gasteiger partial charge in [0.1, 0.15) is 11.9 Å². The van der Waals surface area contributed by atoms with Crippen LogP contribution in [0.2, 0.25) is 0 Å². The normalized spacial score (nSPS) is 12.0. The second-order valence-corrected chi connectivity index (χ2v) is 4.74. The summed E-state index contributed by atoms with van der Waals surface area (Å²) in [6.45, 7) is 6.32. The van der Waals surface area contributed by atoms with Crippen LogP contribution in [0.5, 0.6) is 0 Å². The standard InChI is InChI=1S/C13H19N3O3/c1-8(2)7-15-12(17)9(3)16-11-6-10(13(18)19)4-5-14-11/h4-6,8-9H,7H2,1-3H3,(H,14,16)(H,15,17)(H,18,19). The van der Waals surface area contributed by atoms with E-state index in [4.69, 9.17) is 5.11 Å². The Bertz CT molecular complexity index is 460. The summed E-state index contributed by atoms with van der Waals surface area (Å²) in [7, 11) is 0. The van der Waals surface area contributed by atoms with E-state index in [1.807, 2.05) is 13.8 Å². The second kappa shape index (κ2) is 6.72. The predicted molar refractivity (Wildman–Crippen MR) is 72.1 cm³/mol. The molecule has 0 saturated heterocycles. The molecular weight excluding hydrogens is 246 g/mol. The summed E-state index contributed by atoms with van der Waals surface area (Å²) in [6, 6.07) is 2.32. The van der Waals surface area contributed by atoms with E-state index in [1.165, 1.54) is 18.3 Å². The van der Waals surface area contributed by atoms with E-state index in [1.54, 1.807) is 6.92 Å². The lowest BCUT2D eigenvalue weighted by molar-refractivity contribution is -0.121. The number of rotatable bonds is 6. The van der Waals surface area contributed by atoms with Gasteiger partial charge in [0.15, 0.2) is 0 Å². The third-order valence-corrected chi connectivity index (χ3v) is 2.45. The Hall–Kier alpha value is -2.11. The van der Waals surface area contributed by atoms with Gasteiger partial charge < -0.3 is 15.7 Å². The van der Waals surface area contributed by atoms with Gasteiger partial charge in [0.25, 0.3) is 0 Å². The molecule has 1 rings (SSSR count). The molecule has 1 unspecified atom stereocenters. The van der Waals surface area contributed by atoms with Crippen LogP contribution in [0.1, 0.15) is 31.1 Å². The number of hydrogen-bond donors (Lipinski definition) is 3. The third kappa shape index (κ3) is 4.95. The first kappa shape index (κ1) is 14.9. The molecule has 0 aromatic carbocycles. The first-order valence-electron chi connectivity index (χ1n) is 6.13. The van der Waals surface area contributed by atoms with Crippen molar-refractivity contribution >= 4 is 17.7 Å². The molecule has 0 aliphatic carbocycles. The highest BCUT2D eigenvalue weighted by molar-refractivity contribution is 5.89. The van der Waals surface area contributed by atoms with Crippen molar-refractivity contribution in [2.45, 2.75) is 26.8 Å². The van der Waals surface area contributed by atoms with E-state index in [-0.39, 0.29) is 11.5 Å². The van der Waals surface area contributed by atoms with Crippen LogP contribution in [0.4, 0.5) is 5.82 Å². The number of carboxylic acid groups (broad SMARTS) is 1. The van der Waals surface area contributed by atoms with Gasteiger partial charge in [-0.05, 0) is 25.0 Å². The summed E-state index contributed by atoms with van der Waals surface area (Å²) in [4.78, 5) is 26.6. The molecule has 1 aromatic rings. The number of aromatic nitrogens is 1. The van der Waals surface area contributed by atoms with Gasteiger partial charge >= 0.3 is 5.97 Å². The molecule has 1 aromatic heterocycles. The van der Waals surface area contributed by atoms with Crippen molar-refractivity contribution in [2.75, 3.05) is 11.9 Å². The minimum Gasteiger partial charge on any atom is -0.478 e. The molecule has 0 fully saturated rings. The lowest BCUT2D eigenvalue weighted by atomic mass is 10.2. The molecule has 1 atom stereocenters. The third-order valence-electron chi connectivity index (χ3n) is 2.45. The first-order valence-corrected chi connectivity index (χ1v) is 6.13. The molecule has 0 bridgehead atoms. The van der Waals surface area contributed by atoms with Crippen molar-refractivity contribution in [1.82, 2.24) is 10.3 Å². The van der Waals surface area contributed by atoms with E-state index in [0.717, 1.165) is 0 Å². The average molecular weight is 265 g/mol. The molecule has 104 valence electrons. The number of pyridine rings is 1. The van der Waals surface area contributed by atoms with Crippen molar-refractivity contribution in [1.29, 1.82) is 0 Å². The van der Waals surface area contributed by atoms with Gasteiger partial charge in [-0.15, -0.1) is 0 Å². The van der Waals surface area contributed by atoms with Gasteiger partial charge in [0, 0.05) is 12.7 Å². The molecule has 0 spiro atoms. The van der Waals surface area contributed by atoms with Gasteiger partial charge in [-0.3, -0.25) is 4.79 Å². The van der Waals surface area contributed by atoms with Gasteiger partial charge in [0.05, 0.1) is 5.56 Å². The summed E-state index contributed by atoms with van der Waals surface area (Å²) in [5.41, 5.74) is 0.132. The number of hydrogen-bond acceptors (Lipinski definition) is 4. The molecule has 19 heavy (non-hydrogen) atoms. The summed E-state index contributed by atoms with van der Waals surface area (Å²) in [5.74, 6) is -0.421. The van der Waals surface area contributed by atoms with Crippen molar-refractivity contribution in [2.24, 2.45) is 5.92 Å². The number of carboxylic acids is 1. The van der Waals surface area contributed by atoms with E-state index in [0.29, 0.717) is 18.3 Å². The van der Waals surface area contributed by atoms with Crippen LogP contribution in [-0.4, -0.2) is 34.6 Å². The van der Waals surface area contributed by atoms with Crippen molar-refractivity contribution in [3.05, 3.63) is 23.9 Å². The van der Waals surface area contributed by atoms with E-state index < -0.39 is 12.0 Å². The molecular formula is C13H19N3O3. The van der Waals surface area contributed by atoms with Crippen LogP contribution >= 0.6 is 0 Å². The van der Waals surface area contributed by atoms with E-state index in [9.17, 15) is 9.59 Å². The minimum atomic E-state index is -1.03. The largest absolute Gasteiger partial charge is 0.478 e. The Morgan fingerprint density at radius 1 is 1.37 bits per heavy atom. The first-order chi connectivity index (χ1) is 8.90. The summed E-state index contributed by atoms with van der Waals surface area (Å²) >= 11 is 0. The number of nitrogens with zero attached hydrogens (tertiary/aromatic N) is 1. The Kier molecular flexibility index (Phi) is 5.29. The number of carbonyl (C=O) groups excluding carboxylic acids is 1. The Morgan fingerprint density at radius 2 is 2.05 bits per heavy atom. The maximum Gasteiger partial charge on any atom is 0.335 e. The van der Waals surface area contributed by atoms with Crippen LogP contribution in [-0.2, 0) is 4.79 Å². The summed E-state index contributed by atoms with van der Waals surface area (Å²) in [6.07, 6.45) is 1.39. The fourth-order valence-electron chi connectivity index (χ4n) is 1.39. The zero-order valence-electron chi connectivity index (χ0n) is 11.3. The number of amides is 1. The quantitative estimate of drug-likeness (QED) is 0.722. The molecule has 0 saturated carbocycles. The smallest absolute Gasteiger partial charge is 0.335 e. The molecule has 6 nitrogen and oxygen atoms in total. The zero-order valence-corrected chi connectivity index (χ0v) is 11.3. The Labute approximate surface area is 112 Å². The van der Waals surface area contributed by atoms with Crippen molar-refractivity contribution in [3.63, 3.8) is 0 Å². The molecule has 6 heteroatoms. The van der Waals surface area contributed by atoms with Gasteiger partial charge in [0.2, 0.25) is 5.91 Å². The predicted octanol–water partition coefficient (Wildman–Crippen LogP) is 1.35. The maximum atomic E-state index is 11.8. The summed E-state index contributed by atoms with van der Waals surface area (Å²) in [5, 5.41) is 14.5. The molecule has 0 radical (unpaired) electrons. The fraction of sp³-hybridized carbons (Fsp3) is 0.462. The Balaban J connectivity index is 2.61. The summed E-state index contributed by atoms with van der Waals surface area (Å²) < 4.78 is 0. The highest BCUT2D eigenvalue weighted by Crippen LogP contribution is 2.08. The SMILES string of the molecule is CC(C)CNC(=O)C(C)Nc1cc(C(=O)O)ccn1. The van der Waals surface area contributed by atoms with Crippen LogP contribution in [0.3, 0.4) is 0 Å². The van der Waals surface area contributed by atoms with Gasteiger partial charge in [-0.25, -0.2) is 9.78 Å². The van der Waals surface area contributed by atoms with Crippen LogP contribution in [0, 0.1) is 5.92 Å². The number of anilines is 1. The van der Waals surface area contributed by atoms with E-state index in [2.05, 4.69) is 15.6 Å². The monoisotopic (exact) mass is 265 g/mol. The topological polar surface area (TPSA) is 91.3 Å². The zero-order chi connectivity index (χ0) is 14.4. The number of aromatic carboxylic acids is 1. The minimum absolute atomic E-state index is 0.132. The lowest BCUT2D eigenvalue weighted by Crippen LogP contribution is -2.39. The molecule has 0 aliphatic rings. The molecule has 1 amide bonds. The van der Waals surface area contributed by atoms with Gasteiger partial charge in [-0.1, -0.05) is 13.8 Å². The fourth-order valence-corrected chi connectivity index (χ4v) is 1.39. The number of carbonyl (C=O) groups is 2. The highest BCUT2D eigenvalue weighted by atomic mass is 16.4. The average Bonchev–Trinajstić information content (AvgIpc) is 2.36. The molecule has 1 heterocycles. The maximum absolute atomic E-state index is 11.8. The Morgan fingerprint density at radius 3 is 2.63 bits per heavy atom. The van der Waals surface area contributed by atoms with Crippen LogP contribution in [0.15, 0.2) is 18.3 Å². The van der Waals surface area contributed by atoms with Crippen molar-refractivity contribution < 1.29 is 14.7 Å². The van der Waals surface area contributed by atoms with E-state index >= 15 is 0 Å². The number of nitrogens with one attached hydrogen (secondary N) is 2. The van der Waals surface area contributed by atoms with Crippen molar-refractivity contribution in [3.8, 4) is 0 Å². The van der Waals surface area contributed by atoms with Gasteiger partial charge in [-0.2, -0.15) is 0 Å². The lowest BCUT2D eigenvalue weighted by Gasteiger charge is -2.15. The molecule has 3 N–H and O–H groups in total. The molecule has 0 aliphatic heterocycles. The highest BCUT2D eigenvalue weighted by Gasteiger charge is 2.13. The second-order valence-electron chi connectivity index (χ2n) is 4.74.